The van der Waals surface area contributed by atoms with E-state index in [1.165, 1.54) is 22.7 Å². The molecule has 6 nitrogen and oxygen atoms in total. The molecule has 2 heterocycles. The van der Waals surface area contributed by atoms with E-state index in [1.54, 1.807) is 23.6 Å². The number of nitrogens with zero attached hydrogens (tertiary/aromatic N) is 3. The van der Waals surface area contributed by atoms with Crippen LogP contribution >= 0.6 is 0 Å². The molecule has 0 radical (unpaired) electrons. The molecule has 0 amide bonds. The molecule has 0 saturated carbocycles. The molecule has 0 aliphatic heterocycles. The van der Waals surface area contributed by atoms with Gasteiger partial charge in [0.25, 0.3) is 5.56 Å². The Morgan fingerprint density at radius 3 is 2.59 bits per heavy atom. The van der Waals surface area contributed by atoms with E-state index in [1.807, 2.05) is 36.4 Å². The van der Waals surface area contributed by atoms with Crippen molar-refractivity contribution in [2.75, 3.05) is 6.61 Å². The number of aliphatic hydroxyl groups is 1. The minimum Gasteiger partial charge on any atom is -0.488 e. The van der Waals surface area contributed by atoms with Crippen molar-refractivity contribution in [3.05, 3.63) is 88.6 Å². The SMILES string of the molecule is Cc1cc(=O)n2nc(-c3ccccc3)cc2n1C[C@@H](O)COc1ccccc1F. The Hall–Kier alpha value is -3.45. The third-order valence-electron chi connectivity index (χ3n) is 4.66. The van der Waals surface area contributed by atoms with Crippen LogP contribution in [0.2, 0.25) is 0 Å². The zero-order valence-corrected chi connectivity index (χ0v) is 15.8. The summed E-state index contributed by atoms with van der Waals surface area (Å²) in [6, 6.07) is 18.9. The largest absolute Gasteiger partial charge is 0.488 e. The normalized spacial score (nSPS) is 12.2. The van der Waals surface area contributed by atoms with Crippen LogP contribution < -0.4 is 10.3 Å². The highest BCUT2D eigenvalue weighted by Gasteiger charge is 2.15. The molecule has 1 atom stereocenters. The Morgan fingerprint density at radius 1 is 1.10 bits per heavy atom. The number of ether oxygens (including phenoxy) is 1. The van der Waals surface area contributed by atoms with Gasteiger partial charge in [0.05, 0.1) is 12.2 Å². The highest BCUT2D eigenvalue weighted by Crippen LogP contribution is 2.20. The molecule has 4 rings (SSSR count). The van der Waals surface area contributed by atoms with Crippen molar-refractivity contribution in [2.24, 2.45) is 0 Å². The average Bonchev–Trinajstić information content (AvgIpc) is 3.17. The van der Waals surface area contributed by atoms with Gasteiger partial charge in [-0.1, -0.05) is 42.5 Å². The maximum atomic E-state index is 13.7. The molecule has 2 aromatic carbocycles. The van der Waals surface area contributed by atoms with Crippen molar-refractivity contribution < 1.29 is 14.2 Å². The van der Waals surface area contributed by atoms with Gasteiger partial charge in [0.1, 0.15) is 18.4 Å². The van der Waals surface area contributed by atoms with Gasteiger partial charge >= 0.3 is 0 Å². The van der Waals surface area contributed by atoms with Crippen LogP contribution in [-0.2, 0) is 6.54 Å². The van der Waals surface area contributed by atoms with E-state index >= 15 is 0 Å². The Bertz CT molecular complexity index is 1200. The molecule has 2 aromatic heterocycles. The van der Waals surface area contributed by atoms with Gasteiger partial charge in [0.2, 0.25) is 0 Å². The van der Waals surface area contributed by atoms with Gasteiger partial charge in [-0.3, -0.25) is 4.79 Å². The van der Waals surface area contributed by atoms with Gasteiger partial charge in [-0.25, -0.2) is 4.39 Å². The second kappa shape index (κ2) is 7.89. The molecule has 0 aliphatic rings. The van der Waals surface area contributed by atoms with Crippen LogP contribution in [0, 0.1) is 12.7 Å². The lowest BCUT2D eigenvalue weighted by Crippen LogP contribution is -2.28. The molecular weight excluding hydrogens is 373 g/mol. The van der Waals surface area contributed by atoms with E-state index in [0.29, 0.717) is 17.0 Å². The maximum absolute atomic E-state index is 13.7. The van der Waals surface area contributed by atoms with E-state index in [4.69, 9.17) is 4.74 Å². The van der Waals surface area contributed by atoms with E-state index in [-0.39, 0.29) is 24.5 Å². The lowest BCUT2D eigenvalue weighted by atomic mass is 10.2. The summed E-state index contributed by atoms with van der Waals surface area (Å²) in [4.78, 5) is 12.4. The van der Waals surface area contributed by atoms with Crippen molar-refractivity contribution >= 4 is 5.65 Å². The van der Waals surface area contributed by atoms with E-state index in [2.05, 4.69) is 5.10 Å². The third kappa shape index (κ3) is 3.90. The van der Waals surface area contributed by atoms with Crippen LogP contribution in [0.1, 0.15) is 5.69 Å². The van der Waals surface area contributed by atoms with Gasteiger partial charge in [-0.2, -0.15) is 9.61 Å². The fourth-order valence-corrected chi connectivity index (χ4v) is 3.22. The fourth-order valence-electron chi connectivity index (χ4n) is 3.22. The zero-order chi connectivity index (χ0) is 20.4. The number of rotatable bonds is 6. The quantitative estimate of drug-likeness (QED) is 0.547. The number of aliphatic hydroxyl groups excluding tert-OH is 1. The lowest BCUT2D eigenvalue weighted by Gasteiger charge is -2.17. The van der Waals surface area contributed by atoms with Gasteiger partial charge in [0.15, 0.2) is 11.6 Å². The molecule has 0 saturated heterocycles. The van der Waals surface area contributed by atoms with Crippen LogP contribution in [-0.4, -0.2) is 32.0 Å². The first-order valence-corrected chi connectivity index (χ1v) is 9.24. The number of halogens is 1. The average molecular weight is 393 g/mol. The van der Waals surface area contributed by atoms with Crippen molar-refractivity contribution in [3.63, 3.8) is 0 Å². The monoisotopic (exact) mass is 393 g/mol. The Balaban J connectivity index is 1.62. The van der Waals surface area contributed by atoms with Gasteiger partial charge < -0.3 is 14.4 Å². The highest BCUT2D eigenvalue weighted by molar-refractivity contribution is 5.64. The summed E-state index contributed by atoms with van der Waals surface area (Å²) in [5.41, 5.74) is 2.57. The van der Waals surface area contributed by atoms with Crippen LogP contribution in [0.25, 0.3) is 16.9 Å². The molecule has 4 aromatic rings. The first kappa shape index (κ1) is 18.9. The van der Waals surface area contributed by atoms with Crippen molar-refractivity contribution in [2.45, 2.75) is 19.6 Å². The summed E-state index contributed by atoms with van der Waals surface area (Å²) in [7, 11) is 0. The number of para-hydroxylation sites is 1. The second-order valence-corrected chi connectivity index (χ2v) is 6.80. The molecular formula is C22H20FN3O3. The van der Waals surface area contributed by atoms with E-state index in [0.717, 1.165) is 5.56 Å². The maximum Gasteiger partial charge on any atom is 0.274 e. The molecule has 0 unspecified atom stereocenters. The number of hydrogen-bond acceptors (Lipinski definition) is 4. The molecule has 148 valence electrons. The summed E-state index contributed by atoms with van der Waals surface area (Å²) in [5.74, 6) is -0.394. The second-order valence-electron chi connectivity index (χ2n) is 6.80. The van der Waals surface area contributed by atoms with Crippen LogP contribution in [0.15, 0.2) is 71.5 Å². The first-order chi connectivity index (χ1) is 14.0. The van der Waals surface area contributed by atoms with Gasteiger partial charge in [0, 0.05) is 23.4 Å². The van der Waals surface area contributed by atoms with E-state index in [9.17, 15) is 14.3 Å². The topological polar surface area (TPSA) is 68.8 Å². The number of hydrogen-bond donors (Lipinski definition) is 1. The number of fused-ring (bicyclic) bond motifs is 1. The van der Waals surface area contributed by atoms with Gasteiger partial charge in [-0.15, -0.1) is 0 Å². The number of benzene rings is 2. The van der Waals surface area contributed by atoms with Crippen LogP contribution in [0.4, 0.5) is 4.39 Å². The molecule has 0 bridgehead atoms. The summed E-state index contributed by atoms with van der Waals surface area (Å²) in [6.07, 6.45) is -0.908. The molecule has 1 N–H and O–H groups in total. The summed E-state index contributed by atoms with van der Waals surface area (Å²) in [5, 5.41) is 14.9. The van der Waals surface area contributed by atoms with E-state index < -0.39 is 11.9 Å². The minimum absolute atomic E-state index is 0.0850. The Kier molecular flexibility index (Phi) is 5.14. The zero-order valence-electron chi connectivity index (χ0n) is 15.8. The number of aromatic nitrogens is 3. The molecule has 0 aliphatic carbocycles. The Morgan fingerprint density at radius 2 is 1.83 bits per heavy atom. The Labute approximate surface area is 166 Å². The minimum atomic E-state index is -0.908. The standard InChI is InChI=1S/C22H20FN3O3/c1-15-11-22(28)26-21(12-19(24-26)16-7-3-2-4-8-16)25(15)13-17(27)14-29-20-10-6-5-9-18(20)23/h2-12,17,27H,13-14H2,1H3/t17-/m1/s1. The predicted octanol–water partition coefficient (Wildman–Crippen LogP) is 3.05. The highest BCUT2D eigenvalue weighted by atomic mass is 19.1. The molecule has 0 fully saturated rings. The fraction of sp³-hybridized carbons (Fsp3) is 0.182. The van der Waals surface area contributed by atoms with Crippen molar-refractivity contribution in [3.8, 4) is 17.0 Å². The third-order valence-corrected chi connectivity index (χ3v) is 4.66. The first-order valence-electron chi connectivity index (χ1n) is 9.24. The number of aryl methyl sites for hydroxylation is 1. The molecule has 7 heteroatoms. The summed E-state index contributed by atoms with van der Waals surface area (Å²) < 4.78 is 22.2. The lowest BCUT2D eigenvalue weighted by molar-refractivity contribution is 0.0906. The van der Waals surface area contributed by atoms with Crippen molar-refractivity contribution in [1.82, 2.24) is 14.2 Å². The molecule has 29 heavy (non-hydrogen) atoms. The molecule has 0 spiro atoms. The summed E-state index contributed by atoms with van der Waals surface area (Å²) in [6.45, 7) is 1.88. The summed E-state index contributed by atoms with van der Waals surface area (Å²) >= 11 is 0. The van der Waals surface area contributed by atoms with Crippen molar-refractivity contribution in [1.29, 1.82) is 0 Å². The van der Waals surface area contributed by atoms with Crippen LogP contribution in [0.5, 0.6) is 5.75 Å². The van der Waals surface area contributed by atoms with Gasteiger partial charge in [-0.05, 0) is 19.1 Å². The van der Waals surface area contributed by atoms with Crippen LogP contribution in [0.3, 0.4) is 0 Å². The predicted molar refractivity (Wildman–Crippen MR) is 108 cm³/mol. The smallest absolute Gasteiger partial charge is 0.274 e.